The Morgan fingerprint density at radius 2 is 2.33 bits per heavy atom. The molecule has 0 amide bonds. The third kappa shape index (κ3) is 3.00. The largest absolute Gasteiger partial charge is 0.486 e. The highest BCUT2D eigenvalue weighted by molar-refractivity contribution is 7.09. The molecule has 0 fully saturated rings. The Hall–Kier alpha value is -1.59. The number of carboxylic acids is 1. The van der Waals surface area contributed by atoms with Gasteiger partial charge in [0, 0.05) is 10.4 Å². The lowest BCUT2D eigenvalue weighted by Gasteiger charge is -2.08. The molecule has 18 heavy (non-hydrogen) atoms. The number of aromatic carboxylic acids is 1. The third-order valence-corrected chi connectivity index (χ3v) is 3.27. The molecule has 0 spiro atoms. The van der Waals surface area contributed by atoms with Gasteiger partial charge in [0.25, 0.3) is 0 Å². The van der Waals surface area contributed by atoms with E-state index in [1.54, 1.807) is 0 Å². The normalized spacial score (nSPS) is 10.3. The van der Waals surface area contributed by atoms with Gasteiger partial charge in [0.1, 0.15) is 17.9 Å². The predicted molar refractivity (Wildman–Crippen MR) is 69.6 cm³/mol. The van der Waals surface area contributed by atoms with Crippen molar-refractivity contribution in [2.24, 2.45) is 0 Å². The molecule has 1 N–H and O–H groups in total. The highest BCUT2D eigenvalue weighted by Gasteiger charge is 2.12. The van der Waals surface area contributed by atoms with Crippen LogP contribution in [0.1, 0.15) is 21.1 Å². The number of benzene rings is 1. The summed E-state index contributed by atoms with van der Waals surface area (Å²) in [5, 5.41) is 12.3. The van der Waals surface area contributed by atoms with E-state index in [2.05, 4.69) is 4.98 Å². The number of carbonyl (C=O) groups is 1. The fourth-order valence-corrected chi connectivity index (χ4v) is 2.18. The number of aromatic nitrogens is 1. The van der Waals surface area contributed by atoms with E-state index in [1.807, 2.05) is 12.3 Å². The van der Waals surface area contributed by atoms with Crippen molar-refractivity contribution < 1.29 is 14.6 Å². The van der Waals surface area contributed by atoms with E-state index in [0.717, 1.165) is 10.7 Å². The number of thiazole rings is 1. The van der Waals surface area contributed by atoms with Gasteiger partial charge in [-0.25, -0.2) is 9.78 Å². The topological polar surface area (TPSA) is 59.4 Å². The zero-order valence-electron chi connectivity index (χ0n) is 9.51. The van der Waals surface area contributed by atoms with Gasteiger partial charge in [-0.05, 0) is 25.1 Å². The van der Waals surface area contributed by atoms with Crippen LogP contribution in [0.2, 0.25) is 5.02 Å². The van der Waals surface area contributed by atoms with Crippen LogP contribution in [-0.2, 0) is 6.61 Å². The summed E-state index contributed by atoms with van der Waals surface area (Å²) in [6.45, 7) is 2.13. The van der Waals surface area contributed by atoms with E-state index < -0.39 is 5.97 Å². The van der Waals surface area contributed by atoms with E-state index in [1.165, 1.54) is 29.5 Å². The fraction of sp³-hybridized carbons (Fsp3) is 0.167. The predicted octanol–water partition coefficient (Wildman–Crippen LogP) is 3.38. The van der Waals surface area contributed by atoms with Crippen molar-refractivity contribution in [2.75, 3.05) is 0 Å². The summed E-state index contributed by atoms with van der Waals surface area (Å²) in [6.07, 6.45) is 0. The van der Waals surface area contributed by atoms with Crippen LogP contribution in [0.5, 0.6) is 5.75 Å². The molecule has 2 rings (SSSR count). The van der Waals surface area contributed by atoms with Crippen LogP contribution in [0.15, 0.2) is 23.6 Å². The minimum atomic E-state index is -1.05. The van der Waals surface area contributed by atoms with E-state index in [4.69, 9.17) is 21.4 Å². The van der Waals surface area contributed by atoms with Crippen LogP contribution in [0.3, 0.4) is 0 Å². The Labute approximate surface area is 113 Å². The summed E-state index contributed by atoms with van der Waals surface area (Å²) < 4.78 is 5.46. The summed E-state index contributed by atoms with van der Waals surface area (Å²) in [4.78, 5) is 15.2. The molecule has 0 aliphatic carbocycles. The maximum absolute atomic E-state index is 11.0. The zero-order chi connectivity index (χ0) is 13.1. The van der Waals surface area contributed by atoms with Gasteiger partial charge in [-0.2, -0.15) is 0 Å². The highest BCUT2D eigenvalue weighted by atomic mass is 35.5. The van der Waals surface area contributed by atoms with Crippen molar-refractivity contribution in [1.82, 2.24) is 4.98 Å². The average molecular weight is 284 g/mol. The highest BCUT2D eigenvalue weighted by Crippen LogP contribution is 2.24. The van der Waals surface area contributed by atoms with Gasteiger partial charge in [-0.15, -0.1) is 11.3 Å². The van der Waals surface area contributed by atoms with Gasteiger partial charge in [-0.3, -0.25) is 0 Å². The molecular weight excluding hydrogens is 274 g/mol. The van der Waals surface area contributed by atoms with Crippen LogP contribution in [0, 0.1) is 6.92 Å². The second-order valence-corrected chi connectivity index (χ2v) is 5.09. The second-order valence-electron chi connectivity index (χ2n) is 3.59. The number of halogens is 1. The molecule has 0 saturated heterocycles. The molecule has 0 bridgehead atoms. The second kappa shape index (κ2) is 5.37. The Morgan fingerprint density at radius 1 is 1.56 bits per heavy atom. The van der Waals surface area contributed by atoms with Gasteiger partial charge >= 0.3 is 5.97 Å². The van der Waals surface area contributed by atoms with Gasteiger partial charge in [0.15, 0.2) is 0 Å². The lowest BCUT2D eigenvalue weighted by molar-refractivity contribution is 0.0691. The van der Waals surface area contributed by atoms with Gasteiger partial charge < -0.3 is 9.84 Å². The van der Waals surface area contributed by atoms with E-state index >= 15 is 0 Å². The minimum Gasteiger partial charge on any atom is -0.486 e. The number of hydrogen-bond donors (Lipinski definition) is 1. The molecule has 0 aliphatic rings. The fourth-order valence-electron chi connectivity index (χ4n) is 1.42. The van der Waals surface area contributed by atoms with Crippen molar-refractivity contribution in [2.45, 2.75) is 13.5 Å². The Bertz CT molecular complexity index is 582. The molecule has 0 aliphatic heterocycles. The van der Waals surface area contributed by atoms with Crippen LogP contribution in [-0.4, -0.2) is 16.1 Å². The first-order valence-corrected chi connectivity index (χ1v) is 6.38. The summed E-state index contributed by atoms with van der Waals surface area (Å²) in [7, 11) is 0. The van der Waals surface area contributed by atoms with Gasteiger partial charge in [0.2, 0.25) is 0 Å². The monoisotopic (exact) mass is 283 g/mol. The lowest BCUT2D eigenvalue weighted by Crippen LogP contribution is -2.03. The standard InChI is InChI=1S/C12H10ClNO3S/c1-7-14-9(6-18-7)5-17-11-4-8(13)2-3-10(11)12(15)16/h2-4,6H,5H2,1H3,(H,15,16). The molecule has 0 saturated carbocycles. The van der Waals surface area contributed by atoms with E-state index in [9.17, 15) is 4.79 Å². The summed E-state index contributed by atoms with van der Waals surface area (Å²) in [5.41, 5.74) is 0.861. The Morgan fingerprint density at radius 3 is 2.94 bits per heavy atom. The molecule has 1 aromatic carbocycles. The van der Waals surface area contributed by atoms with Crippen molar-refractivity contribution >= 4 is 28.9 Å². The molecule has 0 unspecified atom stereocenters. The number of nitrogens with zero attached hydrogens (tertiary/aromatic N) is 1. The third-order valence-electron chi connectivity index (χ3n) is 2.22. The molecule has 1 aromatic heterocycles. The average Bonchev–Trinajstić information content (AvgIpc) is 2.72. The number of ether oxygens (including phenoxy) is 1. The zero-order valence-corrected chi connectivity index (χ0v) is 11.1. The van der Waals surface area contributed by atoms with Gasteiger partial charge in [-0.1, -0.05) is 11.6 Å². The van der Waals surface area contributed by atoms with Crippen LogP contribution < -0.4 is 4.74 Å². The van der Waals surface area contributed by atoms with Gasteiger partial charge in [0.05, 0.1) is 10.7 Å². The molecule has 94 valence electrons. The minimum absolute atomic E-state index is 0.0892. The van der Waals surface area contributed by atoms with Crippen molar-refractivity contribution in [1.29, 1.82) is 0 Å². The summed E-state index contributed by atoms with van der Waals surface area (Å²) in [6, 6.07) is 4.43. The summed E-state index contributed by atoms with van der Waals surface area (Å²) >= 11 is 7.34. The first kappa shape index (κ1) is 12.9. The molecule has 4 nitrogen and oxygen atoms in total. The van der Waals surface area contributed by atoms with E-state index in [0.29, 0.717) is 5.02 Å². The lowest BCUT2D eigenvalue weighted by atomic mass is 10.2. The molecule has 2 aromatic rings. The van der Waals surface area contributed by atoms with Crippen LogP contribution in [0.4, 0.5) is 0 Å². The quantitative estimate of drug-likeness (QED) is 0.934. The van der Waals surface area contributed by atoms with E-state index in [-0.39, 0.29) is 17.9 Å². The molecular formula is C12H10ClNO3S. The number of rotatable bonds is 4. The Balaban J connectivity index is 2.17. The van der Waals surface area contributed by atoms with Crippen molar-refractivity contribution in [3.63, 3.8) is 0 Å². The number of hydrogen-bond acceptors (Lipinski definition) is 4. The SMILES string of the molecule is Cc1nc(COc2cc(Cl)ccc2C(=O)O)cs1. The summed E-state index contributed by atoms with van der Waals surface area (Å²) in [5.74, 6) is -0.795. The molecule has 1 heterocycles. The van der Waals surface area contributed by atoms with Crippen molar-refractivity contribution in [3.05, 3.63) is 44.9 Å². The first-order chi connectivity index (χ1) is 8.56. The van der Waals surface area contributed by atoms with Crippen LogP contribution >= 0.6 is 22.9 Å². The first-order valence-electron chi connectivity index (χ1n) is 5.13. The molecule has 6 heteroatoms. The maximum atomic E-state index is 11.0. The molecule has 0 radical (unpaired) electrons. The maximum Gasteiger partial charge on any atom is 0.339 e. The number of carboxylic acid groups (broad SMARTS) is 1. The smallest absolute Gasteiger partial charge is 0.339 e. The number of aryl methyl sites for hydroxylation is 1. The van der Waals surface area contributed by atoms with Crippen molar-refractivity contribution in [3.8, 4) is 5.75 Å². The Kier molecular flexibility index (Phi) is 3.84. The molecule has 0 atom stereocenters. The van der Waals surface area contributed by atoms with Crippen LogP contribution in [0.25, 0.3) is 0 Å².